The summed E-state index contributed by atoms with van der Waals surface area (Å²) in [4.78, 5) is 27.3. The van der Waals surface area contributed by atoms with E-state index in [0.29, 0.717) is 23.7 Å². The maximum Gasteiger partial charge on any atom is 0.238 e. The average Bonchev–Trinajstić information content (AvgIpc) is 3.32. The predicted molar refractivity (Wildman–Crippen MR) is 83.0 cm³/mol. The van der Waals surface area contributed by atoms with Crippen LogP contribution in [0.1, 0.15) is 18.9 Å². The molecule has 1 aliphatic heterocycles. The number of nitrogens with zero attached hydrogens (tertiary/aromatic N) is 1. The van der Waals surface area contributed by atoms with Gasteiger partial charge in [0.05, 0.1) is 17.5 Å². The van der Waals surface area contributed by atoms with E-state index in [2.05, 4.69) is 19.1 Å². The van der Waals surface area contributed by atoms with Crippen LogP contribution in [0.25, 0.3) is 0 Å². The first-order valence-electron chi connectivity index (χ1n) is 8.35. The van der Waals surface area contributed by atoms with Crippen molar-refractivity contribution in [1.82, 2.24) is 0 Å². The molecule has 1 aromatic rings. The highest BCUT2D eigenvalue weighted by molar-refractivity contribution is 6.22. The molecule has 3 nitrogen and oxygen atoms in total. The van der Waals surface area contributed by atoms with Gasteiger partial charge in [-0.3, -0.25) is 14.5 Å². The molecule has 1 saturated heterocycles. The van der Waals surface area contributed by atoms with Gasteiger partial charge in [-0.05, 0) is 54.2 Å². The fraction of sp³-hybridized carbons (Fsp3) is 0.474. The molecule has 2 amide bonds. The summed E-state index contributed by atoms with van der Waals surface area (Å²) < 4.78 is 0. The first kappa shape index (κ1) is 12.6. The highest BCUT2D eigenvalue weighted by Crippen LogP contribution is 2.65. The molecule has 0 N–H and O–H groups in total. The Morgan fingerprint density at radius 2 is 1.50 bits per heavy atom. The van der Waals surface area contributed by atoms with Gasteiger partial charge < -0.3 is 0 Å². The number of hydrogen-bond donors (Lipinski definition) is 0. The summed E-state index contributed by atoms with van der Waals surface area (Å²) in [7, 11) is 0. The van der Waals surface area contributed by atoms with E-state index in [-0.39, 0.29) is 23.7 Å². The van der Waals surface area contributed by atoms with Crippen molar-refractivity contribution in [3.8, 4) is 0 Å². The molecule has 3 heteroatoms. The van der Waals surface area contributed by atoms with Crippen molar-refractivity contribution in [2.24, 2.45) is 35.5 Å². The zero-order valence-corrected chi connectivity index (χ0v) is 12.6. The van der Waals surface area contributed by atoms with E-state index < -0.39 is 0 Å². The van der Waals surface area contributed by atoms with Crippen molar-refractivity contribution in [3.63, 3.8) is 0 Å². The minimum atomic E-state index is -0.0999. The smallest absolute Gasteiger partial charge is 0.238 e. The van der Waals surface area contributed by atoms with Gasteiger partial charge in [0.25, 0.3) is 0 Å². The number of allylic oxidation sites excluding steroid dienone is 2. The van der Waals surface area contributed by atoms with Gasteiger partial charge in [-0.25, -0.2) is 0 Å². The molecule has 0 aromatic heterocycles. The highest BCUT2D eigenvalue weighted by Gasteiger charge is 2.67. The van der Waals surface area contributed by atoms with E-state index in [1.807, 2.05) is 24.3 Å². The Bertz CT molecular complexity index is 669. The molecule has 22 heavy (non-hydrogen) atoms. The van der Waals surface area contributed by atoms with Crippen molar-refractivity contribution >= 4 is 17.5 Å². The normalized spacial score (nSPS) is 40.9. The zero-order chi connectivity index (χ0) is 15.0. The number of carbonyl (C=O) groups is 2. The maximum atomic E-state index is 12.9. The van der Waals surface area contributed by atoms with E-state index in [4.69, 9.17) is 0 Å². The van der Waals surface area contributed by atoms with Gasteiger partial charge >= 0.3 is 0 Å². The second-order valence-electron chi connectivity index (χ2n) is 7.19. The number of rotatable bonds is 2. The Balaban J connectivity index is 1.54. The third kappa shape index (κ3) is 1.42. The summed E-state index contributed by atoms with van der Waals surface area (Å²) in [5.41, 5.74) is 1.97. The van der Waals surface area contributed by atoms with Gasteiger partial charge in [0, 0.05) is 0 Å². The first-order chi connectivity index (χ1) is 10.7. The number of benzene rings is 1. The molecule has 2 bridgehead atoms. The number of hydrogen-bond acceptors (Lipinski definition) is 2. The Hall–Kier alpha value is -1.90. The molecule has 1 aromatic carbocycles. The minimum Gasteiger partial charge on any atom is -0.274 e. The third-order valence-electron chi connectivity index (χ3n) is 6.27. The van der Waals surface area contributed by atoms with Crippen LogP contribution in [0.3, 0.4) is 0 Å². The summed E-state index contributed by atoms with van der Waals surface area (Å²) >= 11 is 0. The first-order valence-corrected chi connectivity index (χ1v) is 8.35. The SMILES string of the molecule is CCc1ccc(N2C(=O)C3C4C=CC(C5CC45)C3C2=O)cc1. The molecule has 1 heterocycles. The zero-order valence-electron chi connectivity index (χ0n) is 12.6. The number of amides is 2. The summed E-state index contributed by atoms with van der Waals surface area (Å²) in [5, 5.41) is 0. The molecule has 5 aliphatic rings. The second kappa shape index (κ2) is 4.09. The molecular weight excluding hydrogens is 274 g/mol. The van der Waals surface area contributed by atoms with E-state index in [9.17, 15) is 9.59 Å². The molecule has 0 spiro atoms. The average molecular weight is 293 g/mol. The Morgan fingerprint density at radius 1 is 0.955 bits per heavy atom. The molecule has 4 aliphatic carbocycles. The number of imide groups is 1. The van der Waals surface area contributed by atoms with Crippen LogP contribution in [0.4, 0.5) is 5.69 Å². The van der Waals surface area contributed by atoms with Crippen molar-refractivity contribution in [1.29, 1.82) is 0 Å². The lowest BCUT2D eigenvalue weighted by atomic mass is 9.63. The largest absolute Gasteiger partial charge is 0.274 e. The number of aryl methyl sites for hydroxylation is 1. The third-order valence-corrected chi connectivity index (χ3v) is 6.27. The van der Waals surface area contributed by atoms with Crippen LogP contribution in [0.5, 0.6) is 0 Å². The molecular formula is C19H19NO2. The van der Waals surface area contributed by atoms with E-state index in [1.54, 1.807) is 0 Å². The summed E-state index contributed by atoms with van der Waals surface area (Å²) in [6.45, 7) is 2.10. The van der Waals surface area contributed by atoms with Gasteiger partial charge in [-0.1, -0.05) is 31.2 Å². The molecule has 3 fully saturated rings. The van der Waals surface area contributed by atoms with Gasteiger partial charge in [0.15, 0.2) is 0 Å². The van der Waals surface area contributed by atoms with Crippen LogP contribution in [0.15, 0.2) is 36.4 Å². The van der Waals surface area contributed by atoms with Crippen molar-refractivity contribution in [2.45, 2.75) is 19.8 Å². The van der Waals surface area contributed by atoms with Crippen LogP contribution < -0.4 is 4.90 Å². The molecule has 2 saturated carbocycles. The topological polar surface area (TPSA) is 37.4 Å². The highest BCUT2D eigenvalue weighted by atomic mass is 16.2. The van der Waals surface area contributed by atoms with E-state index in [1.165, 1.54) is 16.9 Å². The quantitative estimate of drug-likeness (QED) is 0.621. The Labute approximate surface area is 130 Å². The fourth-order valence-corrected chi connectivity index (χ4v) is 5.09. The summed E-state index contributed by atoms with van der Waals surface area (Å²) in [6, 6.07) is 7.87. The van der Waals surface area contributed by atoms with Gasteiger partial charge in [0.1, 0.15) is 0 Å². The summed E-state index contributed by atoms with van der Waals surface area (Å²) in [5.74, 6) is 1.79. The fourth-order valence-electron chi connectivity index (χ4n) is 5.09. The van der Waals surface area contributed by atoms with Gasteiger partial charge in [-0.15, -0.1) is 0 Å². The Morgan fingerprint density at radius 3 is 2.00 bits per heavy atom. The van der Waals surface area contributed by atoms with Crippen molar-refractivity contribution in [3.05, 3.63) is 42.0 Å². The second-order valence-corrected chi connectivity index (χ2v) is 7.19. The van der Waals surface area contributed by atoms with Crippen LogP contribution in [0.2, 0.25) is 0 Å². The standard InChI is InChI=1S/C19H19NO2/c1-2-10-3-5-11(6-4-10)20-18(21)16-12-7-8-13(15-9-14(12)15)17(16)19(20)22/h3-8,12-17H,2,9H2,1H3. The minimum absolute atomic E-state index is 0.0314. The lowest BCUT2D eigenvalue weighted by molar-refractivity contribution is -0.124. The number of carbonyl (C=O) groups excluding carboxylic acids is 2. The lowest BCUT2D eigenvalue weighted by Gasteiger charge is -2.37. The van der Waals surface area contributed by atoms with Crippen molar-refractivity contribution < 1.29 is 9.59 Å². The summed E-state index contributed by atoms with van der Waals surface area (Å²) in [6.07, 6.45) is 6.61. The van der Waals surface area contributed by atoms with Crippen LogP contribution in [-0.2, 0) is 16.0 Å². The maximum absolute atomic E-state index is 12.9. The van der Waals surface area contributed by atoms with Crippen LogP contribution >= 0.6 is 0 Å². The predicted octanol–water partition coefficient (Wildman–Crippen LogP) is 2.81. The molecule has 6 unspecified atom stereocenters. The molecule has 6 rings (SSSR count). The Kier molecular flexibility index (Phi) is 2.35. The van der Waals surface area contributed by atoms with Gasteiger partial charge in [-0.2, -0.15) is 0 Å². The number of anilines is 1. The molecule has 0 radical (unpaired) electrons. The van der Waals surface area contributed by atoms with Crippen LogP contribution in [0, 0.1) is 35.5 Å². The monoisotopic (exact) mass is 293 g/mol. The van der Waals surface area contributed by atoms with Crippen molar-refractivity contribution in [2.75, 3.05) is 4.90 Å². The van der Waals surface area contributed by atoms with Crippen LogP contribution in [-0.4, -0.2) is 11.8 Å². The van der Waals surface area contributed by atoms with E-state index in [0.717, 1.165) is 12.1 Å². The molecule has 112 valence electrons. The van der Waals surface area contributed by atoms with E-state index >= 15 is 0 Å². The molecule has 6 atom stereocenters. The van der Waals surface area contributed by atoms with Gasteiger partial charge in [0.2, 0.25) is 11.8 Å². The lowest BCUT2D eigenvalue weighted by Crippen LogP contribution is -2.40.